The number of hydrogen-bond acceptors (Lipinski definition) is 5. The molecule has 2 aliphatic heterocycles. The fourth-order valence-corrected chi connectivity index (χ4v) is 5.30. The van der Waals surface area contributed by atoms with Gasteiger partial charge in [-0.15, -0.1) is 0 Å². The largest absolute Gasteiger partial charge is 0.497 e. The molecule has 0 aliphatic carbocycles. The van der Waals surface area contributed by atoms with Crippen molar-refractivity contribution in [1.82, 2.24) is 9.88 Å². The summed E-state index contributed by atoms with van der Waals surface area (Å²) < 4.78 is 5.41. The number of hydrogen-bond donors (Lipinski definition) is 1. The molecule has 1 N–H and O–H groups in total. The molecule has 3 atom stereocenters. The van der Waals surface area contributed by atoms with Crippen molar-refractivity contribution >= 4 is 11.6 Å². The fraction of sp³-hybridized carbons (Fsp3) is 0.308. The van der Waals surface area contributed by atoms with Crippen molar-refractivity contribution in [3.8, 4) is 16.9 Å². The van der Waals surface area contributed by atoms with Crippen LogP contribution >= 0.6 is 0 Å². The maximum atomic E-state index is 13.4. The van der Waals surface area contributed by atoms with Crippen LogP contribution in [0.4, 0.5) is 5.69 Å². The summed E-state index contributed by atoms with van der Waals surface area (Å²) in [6.07, 6.45) is 2.50. The number of likely N-dealkylation sites (N-methyl/N-ethyl adjacent to an activating group) is 1. The second-order valence-corrected chi connectivity index (χ2v) is 8.48. The number of carbonyl (C=O) groups is 1. The van der Waals surface area contributed by atoms with Gasteiger partial charge in [0.15, 0.2) is 0 Å². The lowest BCUT2D eigenvalue weighted by atomic mass is 9.81. The first-order valence-electron chi connectivity index (χ1n) is 11.0. The van der Waals surface area contributed by atoms with E-state index in [1.165, 1.54) is 0 Å². The summed E-state index contributed by atoms with van der Waals surface area (Å²) in [6.45, 7) is 0.707. The van der Waals surface area contributed by atoms with Gasteiger partial charge in [-0.25, -0.2) is 0 Å². The Morgan fingerprint density at radius 2 is 1.97 bits per heavy atom. The van der Waals surface area contributed by atoms with Crippen LogP contribution < -0.4 is 9.64 Å². The van der Waals surface area contributed by atoms with Crippen LogP contribution in [0.2, 0.25) is 0 Å². The maximum Gasteiger partial charge on any atom is 0.272 e. The van der Waals surface area contributed by atoms with Crippen LogP contribution in [-0.2, 0) is 0 Å². The topological polar surface area (TPSA) is 65.9 Å². The van der Waals surface area contributed by atoms with E-state index in [1.807, 2.05) is 42.3 Å². The Kier molecular flexibility index (Phi) is 5.31. The van der Waals surface area contributed by atoms with E-state index >= 15 is 0 Å². The molecule has 1 aromatic heterocycles. The highest BCUT2D eigenvalue weighted by molar-refractivity contribution is 5.93. The van der Waals surface area contributed by atoms with E-state index in [0.717, 1.165) is 34.5 Å². The summed E-state index contributed by atoms with van der Waals surface area (Å²) in [6, 6.07) is 19.7. The molecule has 3 heterocycles. The van der Waals surface area contributed by atoms with Gasteiger partial charge in [0, 0.05) is 31.4 Å². The van der Waals surface area contributed by atoms with Crippen molar-refractivity contribution in [3.63, 3.8) is 0 Å². The second kappa shape index (κ2) is 8.28. The number of fused-ring (bicyclic) bond motifs is 3. The predicted octanol–water partition coefficient (Wildman–Crippen LogP) is 3.77. The molecule has 1 amide bonds. The Balaban J connectivity index is 1.60. The third-order valence-corrected chi connectivity index (χ3v) is 6.90. The zero-order valence-corrected chi connectivity index (χ0v) is 18.3. The van der Waals surface area contributed by atoms with Gasteiger partial charge in [-0.05, 0) is 59.5 Å². The quantitative estimate of drug-likeness (QED) is 0.684. The molecule has 2 aliphatic rings. The summed E-state index contributed by atoms with van der Waals surface area (Å²) in [4.78, 5) is 21.8. The molecule has 0 radical (unpaired) electrons. The Morgan fingerprint density at radius 3 is 2.72 bits per heavy atom. The number of likely N-dealkylation sites (tertiary alicyclic amines) is 1. The Labute approximate surface area is 188 Å². The first kappa shape index (κ1) is 20.5. The van der Waals surface area contributed by atoms with Crippen LogP contribution in [0.3, 0.4) is 0 Å². The third-order valence-electron chi connectivity index (χ3n) is 6.90. The number of ether oxygens (including phenoxy) is 1. The summed E-state index contributed by atoms with van der Waals surface area (Å²) in [7, 11) is 3.70. The van der Waals surface area contributed by atoms with Crippen LogP contribution in [0.5, 0.6) is 5.75 Å². The van der Waals surface area contributed by atoms with Crippen molar-refractivity contribution in [3.05, 3.63) is 78.1 Å². The number of aromatic nitrogens is 1. The molecule has 2 aromatic carbocycles. The first-order chi connectivity index (χ1) is 15.6. The van der Waals surface area contributed by atoms with E-state index in [1.54, 1.807) is 19.4 Å². The average molecular weight is 430 g/mol. The maximum absolute atomic E-state index is 13.4. The Hall–Kier alpha value is -3.38. The van der Waals surface area contributed by atoms with E-state index in [4.69, 9.17) is 4.74 Å². The monoisotopic (exact) mass is 429 g/mol. The number of carbonyl (C=O) groups excluding carboxylic acids is 1. The van der Waals surface area contributed by atoms with Gasteiger partial charge >= 0.3 is 0 Å². The van der Waals surface area contributed by atoms with Gasteiger partial charge in [0.2, 0.25) is 0 Å². The van der Waals surface area contributed by atoms with Gasteiger partial charge < -0.3 is 19.6 Å². The van der Waals surface area contributed by atoms with Gasteiger partial charge in [-0.3, -0.25) is 9.78 Å². The van der Waals surface area contributed by atoms with E-state index in [-0.39, 0.29) is 30.5 Å². The standard InChI is InChI=1S/C26H27N3O3/c1-28-23-10-9-18(17-6-5-7-19(14-17)32-2)15-21(23)25-20(24(28)16-30)11-13-29(25)26(31)22-8-3-4-12-27-22/h3-10,12,14-15,20,24-25,30H,11,13,16H2,1-2H3/t20-,24-,25-/m1/s1. The number of methoxy groups -OCH3 is 1. The molecule has 32 heavy (non-hydrogen) atoms. The number of anilines is 1. The number of nitrogens with zero attached hydrogens (tertiary/aromatic N) is 3. The lowest BCUT2D eigenvalue weighted by Crippen LogP contribution is -2.48. The molecular formula is C26H27N3O3. The van der Waals surface area contributed by atoms with E-state index in [0.29, 0.717) is 12.2 Å². The Morgan fingerprint density at radius 1 is 1.12 bits per heavy atom. The van der Waals surface area contributed by atoms with Crippen molar-refractivity contribution in [2.75, 3.05) is 32.2 Å². The van der Waals surface area contributed by atoms with Crippen molar-refractivity contribution in [2.24, 2.45) is 5.92 Å². The van der Waals surface area contributed by atoms with Crippen LogP contribution in [0.15, 0.2) is 66.9 Å². The molecule has 164 valence electrons. The molecule has 1 fully saturated rings. The van der Waals surface area contributed by atoms with Gasteiger partial charge in [0.25, 0.3) is 5.91 Å². The smallest absolute Gasteiger partial charge is 0.272 e. The molecule has 6 nitrogen and oxygen atoms in total. The van der Waals surface area contributed by atoms with Gasteiger partial charge in [-0.2, -0.15) is 0 Å². The second-order valence-electron chi connectivity index (χ2n) is 8.48. The van der Waals surface area contributed by atoms with E-state index < -0.39 is 0 Å². The molecule has 3 aromatic rings. The van der Waals surface area contributed by atoms with Gasteiger partial charge in [0.1, 0.15) is 11.4 Å². The number of aliphatic hydroxyl groups excluding tert-OH is 1. The SMILES string of the molecule is COc1cccc(-c2ccc3c(c2)[C@H]2[C@H](CCN2C(=O)c2ccccn2)[C@@H](CO)N3C)c1. The summed E-state index contributed by atoms with van der Waals surface area (Å²) in [5.41, 5.74) is 4.77. The van der Waals surface area contributed by atoms with Crippen molar-refractivity contribution < 1.29 is 14.6 Å². The zero-order chi connectivity index (χ0) is 22.2. The number of pyridine rings is 1. The molecule has 0 unspecified atom stereocenters. The molecule has 0 saturated carbocycles. The highest BCUT2D eigenvalue weighted by Gasteiger charge is 2.47. The third kappa shape index (κ3) is 3.31. The van der Waals surface area contributed by atoms with E-state index in [2.05, 4.69) is 34.1 Å². The lowest BCUT2D eigenvalue weighted by Gasteiger charge is -2.44. The summed E-state index contributed by atoms with van der Waals surface area (Å²) in [5.74, 6) is 0.909. The molecule has 1 saturated heterocycles. The minimum atomic E-state index is -0.0987. The van der Waals surface area contributed by atoms with Gasteiger partial charge in [-0.1, -0.05) is 24.3 Å². The average Bonchev–Trinajstić information content (AvgIpc) is 3.29. The number of rotatable bonds is 4. The zero-order valence-electron chi connectivity index (χ0n) is 18.3. The molecule has 0 spiro atoms. The lowest BCUT2D eigenvalue weighted by molar-refractivity contribution is 0.0688. The summed E-state index contributed by atoms with van der Waals surface area (Å²) in [5, 5.41) is 10.2. The molecule has 6 heteroatoms. The fourth-order valence-electron chi connectivity index (χ4n) is 5.30. The molecule has 5 rings (SSSR count). The van der Waals surface area contributed by atoms with E-state index in [9.17, 15) is 9.90 Å². The van der Waals surface area contributed by atoms with Gasteiger partial charge in [0.05, 0.1) is 25.8 Å². The highest BCUT2D eigenvalue weighted by atomic mass is 16.5. The van der Waals surface area contributed by atoms with Crippen LogP contribution in [0, 0.1) is 5.92 Å². The first-order valence-corrected chi connectivity index (χ1v) is 11.0. The minimum Gasteiger partial charge on any atom is -0.497 e. The molecular weight excluding hydrogens is 402 g/mol. The predicted molar refractivity (Wildman–Crippen MR) is 124 cm³/mol. The van der Waals surface area contributed by atoms with Crippen LogP contribution in [-0.4, -0.2) is 54.2 Å². The minimum absolute atomic E-state index is 0.0308. The number of amides is 1. The summed E-state index contributed by atoms with van der Waals surface area (Å²) >= 11 is 0. The van der Waals surface area contributed by atoms with Crippen molar-refractivity contribution in [2.45, 2.75) is 18.5 Å². The Bertz CT molecular complexity index is 1130. The van der Waals surface area contributed by atoms with Crippen LogP contribution in [0.1, 0.15) is 28.5 Å². The molecule has 0 bridgehead atoms. The van der Waals surface area contributed by atoms with Crippen molar-refractivity contribution in [1.29, 1.82) is 0 Å². The highest BCUT2D eigenvalue weighted by Crippen LogP contribution is 2.49. The number of benzene rings is 2. The van der Waals surface area contributed by atoms with Crippen LogP contribution in [0.25, 0.3) is 11.1 Å². The normalized spacial score (nSPS) is 21.8. The number of aliphatic hydroxyl groups is 1.